The van der Waals surface area contributed by atoms with Crippen molar-refractivity contribution in [2.75, 3.05) is 5.32 Å². The number of aryl methyl sites for hydroxylation is 1. The first-order chi connectivity index (χ1) is 14.1. The number of nitrogens with zero attached hydrogens (tertiary/aromatic N) is 2. The van der Waals surface area contributed by atoms with Gasteiger partial charge in [-0.25, -0.2) is 0 Å². The number of nitriles is 1. The van der Waals surface area contributed by atoms with Gasteiger partial charge in [0.2, 0.25) is 0 Å². The zero-order chi connectivity index (χ0) is 20.2. The molecule has 0 aliphatic carbocycles. The zero-order valence-corrected chi connectivity index (χ0v) is 15.7. The van der Waals surface area contributed by atoms with Gasteiger partial charge in [-0.1, -0.05) is 59.3 Å². The van der Waals surface area contributed by atoms with Crippen molar-refractivity contribution >= 4 is 28.6 Å². The van der Waals surface area contributed by atoms with Crippen LogP contribution >= 0.6 is 0 Å². The van der Waals surface area contributed by atoms with Crippen molar-refractivity contribution in [1.29, 1.82) is 5.26 Å². The monoisotopic (exact) mass is 379 g/mol. The van der Waals surface area contributed by atoms with E-state index in [-0.39, 0.29) is 5.57 Å². The predicted molar refractivity (Wildman–Crippen MR) is 113 cm³/mol. The van der Waals surface area contributed by atoms with Crippen molar-refractivity contribution < 1.29 is 9.32 Å². The van der Waals surface area contributed by atoms with E-state index in [1.807, 2.05) is 67.6 Å². The fourth-order valence-corrected chi connectivity index (χ4v) is 3.00. The van der Waals surface area contributed by atoms with Crippen LogP contribution in [0, 0.1) is 18.3 Å². The molecule has 0 aliphatic rings. The molecule has 4 aromatic rings. The first kappa shape index (κ1) is 18.2. The molecule has 1 aromatic heterocycles. The maximum absolute atomic E-state index is 12.5. The molecule has 0 atom stereocenters. The highest BCUT2D eigenvalue weighted by Gasteiger charge is 2.13. The SMILES string of the molecule is Cc1ccc(NC(=O)/C(C#N)=C/c2ccc3noc(-c4ccccc4)c3c2)cc1. The number of benzene rings is 3. The van der Waals surface area contributed by atoms with Crippen LogP contribution in [-0.4, -0.2) is 11.1 Å². The molecule has 0 saturated carbocycles. The average Bonchev–Trinajstić information content (AvgIpc) is 3.17. The third-order valence-electron chi connectivity index (χ3n) is 4.52. The second-order valence-electron chi connectivity index (χ2n) is 6.64. The van der Waals surface area contributed by atoms with E-state index < -0.39 is 5.91 Å². The number of carbonyl (C=O) groups is 1. The summed E-state index contributed by atoms with van der Waals surface area (Å²) in [6.45, 7) is 1.97. The Balaban J connectivity index is 1.66. The lowest BCUT2D eigenvalue weighted by Gasteiger charge is -2.05. The molecule has 0 fully saturated rings. The van der Waals surface area contributed by atoms with Gasteiger partial charge in [0.05, 0.1) is 5.39 Å². The van der Waals surface area contributed by atoms with Crippen molar-refractivity contribution in [3.05, 3.63) is 89.5 Å². The number of aromatic nitrogens is 1. The lowest BCUT2D eigenvalue weighted by Crippen LogP contribution is -2.13. The van der Waals surface area contributed by atoms with E-state index in [1.165, 1.54) is 0 Å². The Kier molecular flexibility index (Phi) is 4.91. The van der Waals surface area contributed by atoms with Gasteiger partial charge >= 0.3 is 0 Å². The highest BCUT2D eigenvalue weighted by molar-refractivity contribution is 6.10. The van der Waals surface area contributed by atoms with E-state index in [2.05, 4.69) is 10.5 Å². The molecule has 5 nitrogen and oxygen atoms in total. The normalized spacial score (nSPS) is 11.2. The van der Waals surface area contributed by atoms with Crippen LogP contribution in [0.3, 0.4) is 0 Å². The number of carbonyl (C=O) groups excluding carboxylic acids is 1. The molecule has 4 rings (SSSR count). The molecule has 0 saturated heterocycles. The van der Waals surface area contributed by atoms with E-state index in [4.69, 9.17) is 4.52 Å². The Bertz CT molecular complexity index is 1250. The summed E-state index contributed by atoms with van der Waals surface area (Å²) < 4.78 is 5.51. The summed E-state index contributed by atoms with van der Waals surface area (Å²) in [5, 5.41) is 17.1. The first-order valence-electron chi connectivity index (χ1n) is 9.09. The Morgan fingerprint density at radius 1 is 1.07 bits per heavy atom. The molecule has 0 bridgehead atoms. The Hall–Kier alpha value is -4.17. The van der Waals surface area contributed by atoms with Crippen LogP contribution in [0.25, 0.3) is 28.3 Å². The van der Waals surface area contributed by atoms with Crippen LogP contribution in [-0.2, 0) is 4.79 Å². The molecule has 0 unspecified atom stereocenters. The number of fused-ring (bicyclic) bond motifs is 1. The van der Waals surface area contributed by atoms with Crippen LogP contribution in [0.5, 0.6) is 0 Å². The quantitative estimate of drug-likeness (QED) is 0.383. The van der Waals surface area contributed by atoms with E-state index >= 15 is 0 Å². The lowest BCUT2D eigenvalue weighted by molar-refractivity contribution is -0.112. The van der Waals surface area contributed by atoms with Gasteiger partial charge in [0.15, 0.2) is 5.76 Å². The molecular formula is C24H17N3O2. The van der Waals surface area contributed by atoms with Gasteiger partial charge in [0, 0.05) is 11.3 Å². The second-order valence-corrected chi connectivity index (χ2v) is 6.64. The van der Waals surface area contributed by atoms with Gasteiger partial charge in [-0.15, -0.1) is 0 Å². The van der Waals surface area contributed by atoms with E-state index in [1.54, 1.807) is 24.3 Å². The zero-order valence-electron chi connectivity index (χ0n) is 15.7. The minimum atomic E-state index is -0.454. The van der Waals surface area contributed by atoms with Crippen LogP contribution in [0.4, 0.5) is 5.69 Å². The second kappa shape index (κ2) is 7.83. The Morgan fingerprint density at radius 3 is 2.55 bits per heavy atom. The average molecular weight is 379 g/mol. The highest BCUT2D eigenvalue weighted by atomic mass is 16.5. The molecule has 3 aromatic carbocycles. The minimum Gasteiger partial charge on any atom is -0.355 e. The Morgan fingerprint density at radius 2 is 1.83 bits per heavy atom. The summed E-state index contributed by atoms with van der Waals surface area (Å²) in [6.07, 6.45) is 1.56. The molecule has 140 valence electrons. The molecular weight excluding hydrogens is 362 g/mol. The van der Waals surface area contributed by atoms with Gasteiger partial charge in [-0.2, -0.15) is 5.26 Å². The highest BCUT2D eigenvalue weighted by Crippen LogP contribution is 2.29. The smallest absolute Gasteiger partial charge is 0.266 e. The van der Waals surface area contributed by atoms with E-state index in [0.29, 0.717) is 22.5 Å². The number of anilines is 1. The lowest BCUT2D eigenvalue weighted by atomic mass is 10.0. The molecule has 1 N–H and O–H groups in total. The fraction of sp³-hybridized carbons (Fsp3) is 0.0417. The van der Waals surface area contributed by atoms with Crippen molar-refractivity contribution in [3.8, 4) is 17.4 Å². The summed E-state index contributed by atoms with van der Waals surface area (Å²) in [5.74, 6) is 0.198. The van der Waals surface area contributed by atoms with Crippen LogP contribution in [0.2, 0.25) is 0 Å². The number of nitrogens with one attached hydrogen (secondary N) is 1. The first-order valence-corrected chi connectivity index (χ1v) is 9.09. The third-order valence-corrected chi connectivity index (χ3v) is 4.52. The molecule has 1 amide bonds. The van der Waals surface area contributed by atoms with Crippen LogP contribution in [0.1, 0.15) is 11.1 Å². The van der Waals surface area contributed by atoms with Gasteiger partial charge in [-0.05, 0) is 42.8 Å². The third kappa shape index (κ3) is 3.92. The molecule has 0 radical (unpaired) electrons. The topological polar surface area (TPSA) is 78.9 Å². The predicted octanol–water partition coefficient (Wildman–Crippen LogP) is 5.35. The van der Waals surface area contributed by atoms with Crippen molar-refractivity contribution in [3.63, 3.8) is 0 Å². The van der Waals surface area contributed by atoms with Gasteiger partial charge in [0.25, 0.3) is 5.91 Å². The van der Waals surface area contributed by atoms with Gasteiger partial charge in [0.1, 0.15) is 17.2 Å². The molecule has 5 heteroatoms. The van der Waals surface area contributed by atoms with E-state index in [9.17, 15) is 10.1 Å². The summed E-state index contributed by atoms with van der Waals surface area (Å²) in [7, 11) is 0. The maximum Gasteiger partial charge on any atom is 0.266 e. The van der Waals surface area contributed by atoms with Gasteiger partial charge < -0.3 is 9.84 Å². The van der Waals surface area contributed by atoms with Crippen LogP contribution < -0.4 is 5.32 Å². The standard InChI is InChI=1S/C24H17N3O2/c1-16-7-10-20(11-8-16)26-24(28)19(15-25)13-17-9-12-22-21(14-17)23(29-27-22)18-5-3-2-4-6-18/h2-14H,1H3,(H,26,28)/b19-13+. The number of amides is 1. The van der Waals surface area contributed by atoms with Crippen molar-refractivity contribution in [2.45, 2.75) is 6.92 Å². The molecule has 0 aliphatic heterocycles. The Labute approximate surface area is 167 Å². The summed E-state index contributed by atoms with van der Waals surface area (Å²) in [6, 6.07) is 24.5. The summed E-state index contributed by atoms with van der Waals surface area (Å²) in [4.78, 5) is 12.5. The number of hydrogen-bond donors (Lipinski definition) is 1. The fourth-order valence-electron chi connectivity index (χ4n) is 3.00. The minimum absolute atomic E-state index is 0.0163. The number of rotatable bonds is 4. The largest absolute Gasteiger partial charge is 0.355 e. The molecule has 0 spiro atoms. The van der Waals surface area contributed by atoms with E-state index in [0.717, 1.165) is 16.5 Å². The number of hydrogen-bond acceptors (Lipinski definition) is 4. The molecule has 1 heterocycles. The van der Waals surface area contributed by atoms with Crippen molar-refractivity contribution in [1.82, 2.24) is 5.16 Å². The summed E-state index contributed by atoms with van der Waals surface area (Å²) >= 11 is 0. The summed E-state index contributed by atoms with van der Waals surface area (Å²) in [5.41, 5.74) is 4.09. The van der Waals surface area contributed by atoms with Gasteiger partial charge in [-0.3, -0.25) is 4.79 Å². The molecule has 29 heavy (non-hydrogen) atoms. The maximum atomic E-state index is 12.5. The van der Waals surface area contributed by atoms with Crippen molar-refractivity contribution in [2.24, 2.45) is 0 Å². The van der Waals surface area contributed by atoms with Crippen LogP contribution in [0.15, 0.2) is 82.9 Å².